The average Bonchev–Trinajstić information content (AvgIpc) is 3.39. The van der Waals surface area contributed by atoms with Gasteiger partial charge in [-0.1, -0.05) is 212 Å². The molecule has 0 saturated carbocycles. The van der Waals surface area contributed by atoms with Crippen LogP contribution in [-0.4, -0.2) is 142 Å². The van der Waals surface area contributed by atoms with Crippen LogP contribution in [0.25, 0.3) is 0 Å². The Morgan fingerprint density at radius 2 is 0.811 bits per heavy atom. The molecule has 0 amide bonds. The van der Waals surface area contributed by atoms with Crippen LogP contribution >= 0.6 is 0 Å². The lowest BCUT2D eigenvalue weighted by atomic mass is 9.98. The van der Waals surface area contributed by atoms with Gasteiger partial charge in [0.05, 0.1) is 19.8 Å². The summed E-state index contributed by atoms with van der Waals surface area (Å²) >= 11 is 0. The highest BCUT2D eigenvalue weighted by molar-refractivity contribution is 5.70. The highest BCUT2D eigenvalue weighted by Gasteiger charge is 2.47. The predicted octanol–water partition coefficient (Wildman–Crippen LogP) is 10.3. The predicted molar refractivity (Wildman–Crippen MR) is 289 cm³/mol. The molecule has 15 heteroatoms. The van der Waals surface area contributed by atoms with Crippen molar-refractivity contribution in [3.63, 3.8) is 0 Å². The van der Waals surface area contributed by atoms with E-state index in [1.165, 1.54) is 141 Å². The lowest BCUT2D eigenvalue weighted by molar-refractivity contribution is -0.332. The third-order valence-corrected chi connectivity index (χ3v) is 14.4. The standard InChI is InChI=1S/C59H108O15/c1-3-5-7-9-11-13-15-17-19-20-21-22-23-24-25-26-28-29-31-33-35-37-39-41-50(61)69-44-47(72-51(62)42-40-38-36-34-32-30-27-18-16-14-12-10-8-6-4-2)45-70-58-57(68)55(66)53(64)49(74-58)46-71-59-56(67)54(65)52(63)48(43-60)73-59/h12,14,18,27,47-49,52-60,63-68H,3-11,13,15-17,19-26,28-46H2,1-2H3/b14-12-,27-18-. The number of carbonyl (C=O) groups is 2. The van der Waals surface area contributed by atoms with Gasteiger partial charge in [-0.3, -0.25) is 9.59 Å². The van der Waals surface area contributed by atoms with E-state index in [-0.39, 0.29) is 26.1 Å². The molecular formula is C59H108O15. The molecule has 2 fully saturated rings. The van der Waals surface area contributed by atoms with Gasteiger partial charge in [-0.05, 0) is 44.9 Å². The van der Waals surface area contributed by atoms with Crippen molar-refractivity contribution in [1.82, 2.24) is 0 Å². The molecule has 434 valence electrons. The van der Waals surface area contributed by atoms with E-state index >= 15 is 0 Å². The normalized spacial score (nSPS) is 24.8. The molecule has 2 aliphatic heterocycles. The van der Waals surface area contributed by atoms with Crippen LogP contribution in [-0.2, 0) is 38.0 Å². The topological polar surface area (TPSA) is 231 Å². The summed E-state index contributed by atoms with van der Waals surface area (Å²) in [6, 6.07) is 0. The Morgan fingerprint density at radius 3 is 1.28 bits per heavy atom. The lowest BCUT2D eigenvalue weighted by Gasteiger charge is -2.42. The zero-order chi connectivity index (χ0) is 53.9. The van der Waals surface area contributed by atoms with Crippen molar-refractivity contribution in [3.05, 3.63) is 24.3 Å². The molecule has 7 N–H and O–H groups in total. The molecule has 2 saturated heterocycles. The molecule has 2 heterocycles. The van der Waals surface area contributed by atoms with Crippen LogP contribution in [0.1, 0.15) is 245 Å². The van der Waals surface area contributed by atoms with E-state index in [9.17, 15) is 45.3 Å². The summed E-state index contributed by atoms with van der Waals surface area (Å²) in [4.78, 5) is 25.9. The second-order valence-corrected chi connectivity index (χ2v) is 21.2. The molecule has 2 rings (SSSR count). The summed E-state index contributed by atoms with van der Waals surface area (Å²) in [7, 11) is 0. The second kappa shape index (κ2) is 45.9. The molecule has 0 spiro atoms. The maximum atomic E-state index is 13.0. The Morgan fingerprint density at radius 1 is 0.432 bits per heavy atom. The first kappa shape index (κ1) is 68.1. The summed E-state index contributed by atoms with van der Waals surface area (Å²) in [5.41, 5.74) is 0. The van der Waals surface area contributed by atoms with E-state index in [2.05, 4.69) is 38.2 Å². The van der Waals surface area contributed by atoms with Crippen LogP contribution in [0, 0.1) is 0 Å². The maximum Gasteiger partial charge on any atom is 0.306 e. The fourth-order valence-electron chi connectivity index (χ4n) is 9.54. The van der Waals surface area contributed by atoms with Crippen molar-refractivity contribution in [1.29, 1.82) is 0 Å². The molecule has 0 aromatic rings. The minimum atomic E-state index is -1.77. The van der Waals surface area contributed by atoms with Crippen molar-refractivity contribution in [2.24, 2.45) is 0 Å². The van der Waals surface area contributed by atoms with Crippen molar-refractivity contribution in [2.75, 3.05) is 26.4 Å². The number of aliphatic hydroxyl groups excluding tert-OH is 7. The number of esters is 2. The number of carbonyl (C=O) groups excluding carboxylic acids is 2. The maximum absolute atomic E-state index is 13.0. The van der Waals surface area contributed by atoms with Gasteiger partial charge in [-0.2, -0.15) is 0 Å². The van der Waals surface area contributed by atoms with E-state index in [4.69, 9.17) is 28.4 Å². The van der Waals surface area contributed by atoms with Crippen LogP contribution < -0.4 is 0 Å². The number of rotatable bonds is 48. The number of hydrogen-bond acceptors (Lipinski definition) is 15. The average molecular weight is 1060 g/mol. The second-order valence-electron chi connectivity index (χ2n) is 21.2. The molecule has 0 aromatic heterocycles. The molecule has 2 aliphatic rings. The first-order chi connectivity index (χ1) is 36.0. The van der Waals surface area contributed by atoms with E-state index in [0.29, 0.717) is 12.8 Å². The van der Waals surface area contributed by atoms with E-state index in [1.807, 2.05) is 0 Å². The molecule has 0 bridgehead atoms. The van der Waals surface area contributed by atoms with Gasteiger partial charge in [0.2, 0.25) is 0 Å². The summed E-state index contributed by atoms with van der Waals surface area (Å²) in [6.07, 6.45) is 33.5. The number of aliphatic hydroxyl groups is 7. The molecule has 0 aromatic carbocycles. The Kier molecular flexibility index (Phi) is 42.3. The summed E-state index contributed by atoms with van der Waals surface area (Å²) in [5.74, 6) is -0.928. The smallest absolute Gasteiger partial charge is 0.306 e. The van der Waals surface area contributed by atoms with Gasteiger partial charge in [0.1, 0.15) is 55.4 Å². The zero-order valence-corrected chi connectivity index (χ0v) is 46.3. The first-order valence-electron chi connectivity index (χ1n) is 29.9. The fourth-order valence-corrected chi connectivity index (χ4v) is 9.54. The summed E-state index contributed by atoms with van der Waals surface area (Å²) in [5, 5.41) is 72.3. The van der Waals surface area contributed by atoms with E-state index in [1.54, 1.807) is 0 Å². The number of allylic oxidation sites excluding steroid dienone is 4. The quantitative estimate of drug-likeness (QED) is 0.0171. The van der Waals surface area contributed by atoms with Gasteiger partial charge in [0.25, 0.3) is 0 Å². The van der Waals surface area contributed by atoms with Crippen molar-refractivity contribution in [3.8, 4) is 0 Å². The monoisotopic (exact) mass is 1060 g/mol. The van der Waals surface area contributed by atoms with Gasteiger partial charge in [0, 0.05) is 12.8 Å². The van der Waals surface area contributed by atoms with Crippen molar-refractivity contribution < 1.29 is 73.8 Å². The molecule has 11 atom stereocenters. The highest BCUT2D eigenvalue weighted by atomic mass is 16.7. The Bertz CT molecular complexity index is 1380. The molecule has 0 aliphatic carbocycles. The van der Waals surface area contributed by atoms with Gasteiger partial charge in [-0.25, -0.2) is 0 Å². The largest absolute Gasteiger partial charge is 0.462 e. The molecule has 0 radical (unpaired) electrons. The van der Waals surface area contributed by atoms with Crippen LogP contribution in [0.3, 0.4) is 0 Å². The molecule has 15 nitrogen and oxygen atoms in total. The number of ether oxygens (including phenoxy) is 6. The Balaban J connectivity index is 1.72. The molecule has 74 heavy (non-hydrogen) atoms. The van der Waals surface area contributed by atoms with Crippen LogP contribution in [0.4, 0.5) is 0 Å². The SMILES string of the molecule is CCCCC/C=C\C/C=C\CCCCCCCC(=O)OC(COC(=O)CCCCCCCCCCCCCCCCCCCCCCCCC)COC1OC(COC2OC(CO)C(O)C(O)C2O)C(O)C(O)C1O. The lowest BCUT2D eigenvalue weighted by Crippen LogP contribution is -2.61. The summed E-state index contributed by atoms with van der Waals surface area (Å²) < 4.78 is 33.7. The number of hydrogen-bond donors (Lipinski definition) is 7. The fraction of sp³-hybridized carbons (Fsp3) is 0.898. The first-order valence-corrected chi connectivity index (χ1v) is 29.9. The van der Waals surface area contributed by atoms with E-state index in [0.717, 1.165) is 64.2 Å². The van der Waals surface area contributed by atoms with Crippen molar-refractivity contribution >= 4 is 11.9 Å². The third-order valence-electron chi connectivity index (χ3n) is 14.4. The zero-order valence-electron chi connectivity index (χ0n) is 46.3. The van der Waals surface area contributed by atoms with Crippen LogP contribution in [0.15, 0.2) is 24.3 Å². The summed E-state index contributed by atoms with van der Waals surface area (Å²) in [6.45, 7) is 2.60. The van der Waals surface area contributed by atoms with E-state index < -0.39 is 92.7 Å². The van der Waals surface area contributed by atoms with Gasteiger partial charge < -0.3 is 64.2 Å². The van der Waals surface area contributed by atoms with Gasteiger partial charge in [-0.15, -0.1) is 0 Å². The Labute approximate surface area is 447 Å². The highest BCUT2D eigenvalue weighted by Crippen LogP contribution is 2.27. The Hall–Kier alpha value is -2.02. The molecular weight excluding hydrogens is 949 g/mol. The minimum Gasteiger partial charge on any atom is -0.462 e. The minimum absolute atomic E-state index is 0.152. The number of unbranched alkanes of at least 4 members (excludes halogenated alkanes) is 30. The van der Waals surface area contributed by atoms with Crippen LogP contribution in [0.5, 0.6) is 0 Å². The van der Waals surface area contributed by atoms with Crippen molar-refractivity contribution in [2.45, 2.75) is 313 Å². The third kappa shape index (κ3) is 32.7. The van der Waals surface area contributed by atoms with Gasteiger partial charge >= 0.3 is 11.9 Å². The van der Waals surface area contributed by atoms with Crippen LogP contribution in [0.2, 0.25) is 0 Å². The molecule has 11 unspecified atom stereocenters. The van der Waals surface area contributed by atoms with Gasteiger partial charge in [0.15, 0.2) is 18.7 Å².